The van der Waals surface area contributed by atoms with Crippen molar-refractivity contribution in [2.75, 3.05) is 44.7 Å². The minimum Gasteiger partial charge on any atom is -0.368 e. The van der Waals surface area contributed by atoms with Gasteiger partial charge >= 0.3 is 0 Å². The summed E-state index contributed by atoms with van der Waals surface area (Å²) in [6.07, 6.45) is 2.00. The summed E-state index contributed by atoms with van der Waals surface area (Å²) in [5.74, 6) is -0.148. The number of nitrogens with zero attached hydrogens (tertiary/aromatic N) is 3. The normalized spacial score (nSPS) is 15.2. The fourth-order valence-corrected chi connectivity index (χ4v) is 3.27. The Balaban J connectivity index is 1.95. The lowest BCUT2D eigenvalue weighted by atomic mass is 9.89. The van der Waals surface area contributed by atoms with Gasteiger partial charge in [-0.3, -0.25) is 9.59 Å². The maximum absolute atomic E-state index is 12.9. The Kier molecular flexibility index (Phi) is 6.45. The Morgan fingerprint density at radius 1 is 1.08 bits per heavy atom. The molecule has 1 heterocycles. The van der Waals surface area contributed by atoms with Crippen molar-refractivity contribution in [2.24, 2.45) is 5.41 Å². The summed E-state index contributed by atoms with van der Waals surface area (Å²) in [6.45, 7) is 9.21. The smallest absolute Gasteiger partial charge is 0.237 e. The zero-order valence-electron chi connectivity index (χ0n) is 16.0. The molecule has 1 fully saturated rings. The summed E-state index contributed by atoms with van der Waals surface area (Å²) in [7, 11) is 1.79. The molecule has 5 nitrogen and oxygen atoms in total. The molecule has 1 aliphatic heterocycles. The number of carbonyl (C=O) groups excluding carboxylic acids is 2. The van der Waals surface area contributed by atoms with E-state index in [1.54, 1.807) is 25.8 Å². The molecule has 0 aromatic heterocycles. The monoisotopic (exact) mass is 345 g/mol. The van der Waals surface area contributed by atoms with E-state index in [1.807, 2.05) is 23.1 Å². The Hall–Kier alpha value is -2.04. The first-order chi connectivity index (χ1) is 11.9. The highest BCUT2D eigenvalue weighted by molar-refractivity contribution is 6.04. The molecule has 25 heavy (non-hydrogen) atoms. The number of piperazine rings is 1. The molecule has 0 spiro atoms. The molecule has 0 radical (unpaired) electrons. The molecule has 0 atom stereocenters. The number of benzene rings is 1. The average Bonchev–Trinajstić information content (AvgIpc) is 2.65. The number of amides is 2. The Labute approximate surface area is 151 Å². The summed E-state index contributed by atoms with van der Waals surface area (Å²) in [6, 6.07) is 10.2. The number of para-hydroxylation sites is 1. The summed E-state index contributed by atoms with van der Waals surface area (Å²) < 4.78 is 0. The molecule has 1 aromatic carbocycles. The van der Waals surface area contributed by atoms with Crippen LogP contribution in [0.3, 0.4) is 0 Å². The van der Waals surface area contributed by atoms with Crippen molar-refractivity contribution < 1.29 is 9.59 Å². The minimum atomic E-state index is -1.00. The highest BCUT2D eigenvalue weighted by Crippen LogP contribution is 2.24. The quantitative estimate of drug-likeness (QED) is 0.745. The van der Waals surface area contributed by atoms with Gasteiger partial charge in [0.05, 0.1) is 0 Å². The lowest BCUT2D eigenvalue weighted by Crippen LogP contribution is -2.55. The van der Waals surface area contributed by atoms with Crippen LogP contribution in [0.2, 0.25) is 0 Å². The molecule has 0 bridgehead atoms. The second kappa shape index (κ2) is 8.37. The molecule has 0 N–H and O–H groups in total. The number of rotatable bonds is 6. The Morgan fingerprint density at radius 3 is 2.24 bits per heavy atom. The van der Waals surface area contributed by atoms with Crippen LogP contribution in [-0.2, 0) is 9.59 Å². The van der Waals surface area contributed by atoms with Crippen LogP contribution < -0.4 is 4.90 Å². The third-order valence-electron chi connectivity index (χ3n) is 4.95. The highest BCUT2D eigenvalue weighted by atomic mass is 16.2. The van der Waals surface area contributed by atoms with Gasteiger partial charge in [0, 0.05) is 45.5 Å². The van der Waals surface area contributed by atoms with Crippen molar-refractivity contribution in [1.29, 1.82) is 0 Å². The van der Waals surface area contributed by atoms with E-state index >= 15 is 0 Å². The lowest BCUT2D eigenvalue weighted by molar-refractivity contribution is -0.153. The number of hydrogen-bond donors (Lipinski definition) is 0. The van der Waals surface area contributed by atoms with Gasteiger partial charge in [-0.2, -0.15) is 0 Å². The van der Waals surface area contributed by atoms with Crippen LogP contribution >= 0.6 is 0 Å². The lowest BCUT2D eigenvalue weighted by Gasteiger charge is -2.39. The first-order valence-electron chi connectivity index (χ1n) is 9.23. The van der Waals surface area contributed by atoms with Gasteiger partial charge in [0.2, 0.25) is 11.8 Å². The molecule has 138 valence electrons. The SMILES string of the molecule is CCCCN(C)C(=O)C(C)(C)C(=O)N1CCN(c2ccccc2)CC1. The van der Waals surface area contributed by atoms with Gasteiger partial charge in [0.25, 0.3) is 0 Å². The van der Waals surface area contributed by atoms with Crippen molar-refractivity contribution in [3.63, 3.8) is 0 Å². The minimum absolute atomic E-state index is 0.0615. The van der Waals surface area contributed by atoms with Crippen molar-refractivity contribution in [3.8, 4) is 0 Å². The summed E-state index contributed by atoms with van der Waals surface area (Å²) in [4.78, 5) is 31.5. The van der Waals surface area contributed by atoms with E-state index in [-0.39, 0.29) is 11.8 Å². The zero-order chi connectivity index (χ0) is 18.4. The predicted molar refractivity (Wildman–Crippen MR) is 102 cm³/mol. The van der Waals surface area contributed by atoms with Crippen LogP contribution in [0.5, 0.6) is 0 Å². The second-order valence-corrected chi connectivity index (χ2v) is 7.32. The van der Waals surface area contributed by atoms with Gasteiger partial charge in [-0.1, -0.05) is 31.5 Å². The Bertz CT molecular complexity index is 578. The van der Waals surface area contributed by atoms with Crippen molar-refractivity contribution in [1.82, 2.24) is 9.80 Å². The standard InChI is InChI=1S/C20H31N3O2/c1-5-6-12-21(4)18(24)20(2,3)19(25)23-15-13-22(14-16-23)17-10-8-7-9-11-17/h7-11H,5-6,12-16H2,1-4H3. The van der Waals surface area contributed by atoms with E-state index in [0.29, 0.717) is 19.6 Å². The van der Waals surface area contributed by atoms with Gasteiger partial charge < -0.3 is 14.7 Å². The molecule has 5 heteroatoms. The van der Waals surface area contributed by atoms with Crippen molar-refractivity contribution in [3.05, 3.63) is 30.3 Å². The highest BCUT2D eigenvalue weighted by Gasteiger charge is 2.41. The predicted octanol–water partition coefficient (Wildman–Crippen LogP) is 2.62. The van der Waals surface area contributed by atoms with Crippen molar-refractivity contribution >= 4 is 17.5 Å². The molecule has 1 aliphatic rings. The molecule has 0 saturated carbocycles. The molecule has 2 rings (SSSR count). The molecule has 1 aromatic rings. The van der Waals surface area contributed by atoms with Crippen molar-refractivity contribution in [2.45, 2.75) is 33.6 Å². The maximum atomic E-state index is 12.9. The van der Waals surface area contributed by atoms with Gasteiger partial charge in [-0.05, 0) is 32.4 Å². The summed E-state index contributed by atoms with van der Waals surface area (Å²) in [5, 5.41) is 0. The van der Waals surface area contributed by atoms with Crippen LogP contribution in [0.1, 0.15) is 33.6 Å². The van der Waals surface area contributed by atoms with E-state index < -0.39 is 5.41 Å². The van der Waals surface area contributed by atoms with Gasteiger partial charge in [0.1, 0.15) is 5.41 Å². The second-order valence-electron chi connectivity index (χ2n) is 7.32. The fraction of sp³-hybridized carbons (Fsp3) is 0.600. The number of anilines is 1. The molecule has 1 saturated heterocycles. The zero-order valence-corrected chi connectivity index (χ0v) is 16.0. The first kappa shape index (κ1) is 19.3. The van der Waals surface area contributed by atoms with Crippen LogP contribution in [0.15, 0.2) is 30.3 Å². The summed E-state index contributed by atoms with van der Waals surface area (Å²) in [5.41, 5.74) is 0.182. The van der Waals surface area contributed by atoms with Crippen LogP contribution in [0.4, 0.5) is 5.69 Å². The van der Waals surface area contributed by atoms with Gasteiger partial charge in [-0.25, -0.2) is 0 Å². The molecule has 0 aliphatic carbocycles. The van der Waals surface area contributed by atoms with E-state index in [1.165, 1.54) is 5.69 Å². The fourth-order valence-electron chi connectivity index (χ4n) is 3.27. The molecular formula is C20H31N3O2. The molecular weight excluding hydrogens is 314 g/mol. The number of carbonyl (C=O) groups is 2. The number of hydrogen-bond acceptors (Lipinski definition) is 3. The average molecular weight is 345 g/mol. The topological polar surface area (TPSA) is 43.9 Å². The van der Waals surface area contributed by atoms with Gasteiger partial charge in [-0.15, -0.1) is 0 Å². The first-order valence-corrected chi connectivity index (χ1v) is 9.23. The number of unbranched alkanes of at least 4 members (excludes halogenated alkanes) is 1. The van der Waals surface area contributed by atoms with E-state index in [4.69, 9.17) is 0 Å². The third kappa shape index (κ3) is 4.53. The van der Waals surface area contributed by atoms with Crippen LogP contribution in [0.25, 0.3) is 0 Å². The molecule has 2 amide bonds. The van der Waals surface area contributed by atoms with E-state index in [9.17, 15) is 9.59 Å². The maximum Gasteiger partial charge on any atom is 0.237 e. The van der Waals surface area contributed by atoms with Crippen LogP contribution in [-0.4, -0.2) is 61.4 Å². The Morgan fingerprint density at radius 2 is 1.68 bits per heavy atom. The van der Waals surface area contributed by atoms with Crippen LogP contribution in [0, 0.1) is 5.41 Å². The van der Waals surface area contributed by atoms with E-state index in [2.05, 4.69) is 24.0 Å². The molecule has 0 unspecified atom stereocenters. The van der Waals surface area contributed by atoms with E-state index in [0.717, 1.165) is 25.9 Å². The third-order valence-corrected chi connectivity index (χ3v) is 4.95. The largest absolute Gasteiger partial charge is 0.368 e. The summed E-state index contributed by atoms with van der Waals surface area (Å²) >= 11 is 0. The van der Waals surface area contributed by atoms with Gasteiger partial charge in [0.15, 0.2) is 0 Å².